The highest BCUT2D eigenvalue weighted by Crippen LogP contribution is 2.23. The minimum absolute atomic E-state index is 0.0138. The van der Waals surface area contributed by atoms with Gasteiger partial charge in [-0.25, -0.2) is 0 Å². The Morgan fingerprint density at radius 3 is 2.46 bits per heavy atom. The summed E-state index contributed by atoms with van der Waals surface area (Å²) in [5, 5.41) is 0. The Hall–Kier alpha value is -1.33. The zero-order valence-electron chi connectivity index (χ0n) is 6.77. The molecule has 0 fully saturated rings. The van der Waals surface area contributed by atoms with Crippen LogP contribution in [0.25, 0.3) is 6.08 Å². The van der Waals surface area contributed by atoms with Gasteiger partial charge in [-0.1, -0.05) is 24.8 Å². The molecule has 0 saturated heterocycles. The molecule has 5 heteroatoms. The first-order valence-electron chi connectivity index (χ1n) is 3.45. The van der Waals surface area contributed by atoms with Crippen LogP contribution in [0.15, 0.2) is 29.7 Å². The fourth-order valence-corrected chi connectivity index (χ4v) is 1.85. The highest BCUT2D eigenvalue weighted by Gasteiger charge is 2.16. The first-order valence-corrected chi connectivity index (χ1v) is 4.89. The lowest BCUT2D eigenvalue weighted by atomic mass is 10.2. The lowest BCUT2D eigenvalue weighted by Gasteiger charge is -2.05. The number of hydrogen-bond acceptors (Lipinski definition) is 3. The predicted octanol–water partition coefficient (Wildman–Crippen LogP) is 1.16. The summed E-state index contributed by atoms with van der Waals surface area (Å²) in [5.41, 5.74) is 5.70. The lowest BCUT2D eigenvalue weighted by Crippen LogP contribution is -2.05. The normalized spacial score (nSPS) is 11.2. The minimum atomic E-state index is -4.27. The van der Waals surface area contributed by atoms with Crippen LogP contribution < -0.4 is 5.73 Å². The molecular weight excluding hydrogens is 190 g/mol. The van der Waals surface area contributed by atoms with Crippen LogP contribution in [0.3, 0.4) is 0 Å². The molecule has 70 valence electrons. The van der Waals surface area contributed by atoms with E-state index >= 15 is 0 Å². The van der Waals surface area contributed by atoms with Crippen molar-refractivity contribution in [3.63, 3.8) is 0 Å². The summed E-state index contributed by atoms with van der Waals surface area (Å²) in [6.45, 7) is 3.42. The van der Waals surface area contributed by atoms with Crippen molar-refractivity contribution >= 4 is 21.9 Å². The molecule has 0 heterocycles. The average Bonchev–Trinajstić information content (AvgIpc) is 2.01. The summed E-state index contributed by atoms with van der Waals surface area (Å²) in [7, 11) is -4.27. The van der Waals surface area contributed by atoms with Gasteiger partial charge in [-0.15, -0.1) is 0 Å². The van der Waals surface area contributed by atoms with Gasteiger partial charge in [-0.05, 0) is 11.6 Å². The molecule has 0 aliphatic carbocycles. The Bertz CT molecular complexity index is 437. The van der Waals surface area contributed by atoms with Gasteiger partial charge >= 0.3 is 0 Å². The Morgan fingerprint density at radius 2 is 2.08 bits per heavy atom. The van der Waals surface area contributed by atoms with Crippen molar-refractivity contribution in [3.05, 3.63) is 30.3 Å². The molecular formula is C8H9NO3S. The number of nitrogen functional groups attached to an aromatic ring is 1. The topological polar surface area (TPSA) is 80.4 Å². The van der Waals surface area contributed by atoms with E-state index in [1.165, 1.54) is 18.2 Å². The first kappa shape index (κ1) is 9.76. The zero-order valence-corrected chi connectivity index (χ0v) is 7.58. The molecule has 0 aliphatic rings. The van der Waals surface area contributed by atoms with E-state index < -0.39 is 10.1 Å². The van der Waals surface area contributed by atoms with E-state index in [2.05, 4.69) is 6.58 Å². The SMILES string of the molecule is C=Cc1cccc(N)c1S(=O)(=O)O. The Labute approximate surface area is 76.4 Å². The monoisotopic (exact) mass is 199 g/mol. The maximum atomic E-state index is 10.9. The average molecular weight is 199 g/mol. The quantitative estimate of drug-likeness (QED) is 0.553. The van der Waals surface area contributed by atoms with Crippen LogP contribution in [0.4, 0.5) is 5.69 Å². The third kappa shape index (κ3) is 1.88. The molecule has 1 rings (SSSR count). The lowest BCUT2D eigenvalue weighted by molar-refractivity contribution is 0.483. The van der Waals surface area contributed by atoms with Crippen LogP contribution in [0.2, 0.25) is 0 Å². The van der Waals surface area contributed by atoms with Crippen LogP contribution in [0.5, 0.6) is 0 Å². The molecule has 1 aromatic carbocycles. The van der Waals surface area contributed by atoms with E-state index in [4.69, 9.17) is 10.3 Å². The molecule has 3 N–H and O–H groups in total. The largest absolute Gasteiger partial charge is 0.398 e. The van der Waals surface area contributed by atoms with E-state index in [1.54, 1.807) is 6.07 Å². The molecule has 0 amide bonds. The molecule has 0 spiro atoms. The van der Waals surface area contributed by atoms with Crippen LogP contribution in [0, 0.1) is 0 Å². The van der Waals surface area contributed by atoms with E-state index in [-0.39, 0.29) is 10.6 Å². The summed E-state index contributed by atoms with van der Waals surface area (Å²) in [4.78, 5) is -0.287. The molecule has 0 aliphatic heterocycles. The fraction of sp³-hybridized carbons (Fsp3) is 0. The molecule has 13 heavy (non-hydrogen) atoms. The summed E-state index contributed by atoms with van der Waals surface area (Å²) in [5.74, 6) is 0. The maximum Gasteiger partial charge on any atom is 0.297 e. The summed E-state index contributed by atoms with van der Waals surface area (Å²) in [6, 6.07) is 4.49. The van der Waals surface area contributed by atoms with Crippen molar-refractivity contribution in [2.75, 3.05) is 5.73 Å². The highest BCUT2D eigenvalue weighted by molar-refractivity contribution is 7.86. The second-order valence-electron chi connectivity index (χ2n) is 2.44. The predicted molar refractivity (Wildman–Crippen MR) is 50.8 cm³/mol. The van der Waals surface area contributed by atoms with Crippen molar-refractivity contribution in [2.45, 2.75) is 4.90 Å². The van der Waals surface area contributed by atoms with Gasteiger partial charge in [-0.2, -0.15) is 8.42 Å². The van der Waals surface area contributed by atoms with Gasteiger partial charge in [-0.3, -0.25) is 4.55 Å². The summed E-state index contributed by atoms with van der Waals surface area (Å²) >= 11 is 0. The highest BCUT2D eigenvalue weighted by atomic mass is 32.2. The third-order valence-electron chi connectivity index (χ3n) is 1.55. The van der Waals surface area contributed by atoms with Crippen LogP contribution >= 0.6 is 0 Å². The maximum absolute atomic E-state index is 10.9. The second kappa shape index (κ2) is 3.20. The second-order valence-corrected chi connectivity index (χ2v) is 3.80. The Morgan fingerprint density at radius 1 is 1.46 bits per heavy atom. The van der Waals surface area contributed by atoms with Crippen molar-refractivity contribution in [2.24, 2.45) is 0 Å². The van der Waals surface area contributed by atoms with Gasteiger partial charge in [0.05, 0.1) is 5.69 Å². The molecule has 0 unspecified atom stereocenters. The van der Waals surface area contributed by atoms with Gasteiger partial charge in [0.15, 0.2) is 0 Å². The Kier molecular flexibility index (Phi) is 2.40. The smallest absolute Gasteiger partial charge is 0.297 e. The third-order valence-corrected chi connectivity index (χ3v) is 2.54. The zero-order chi connectivity index (χ0) is 10.1. The minimum Gasteiger partial charge on any atom is -0.398 e. The van der Waals surface area contributed by atoms with Gasteiger partial charge in [0.25, 0.3) is 10.1 Å². The number of benzene rings is 1. The van der Waals surface area contributed by atoms with Gasteiger partial charge in [0, 0.05) is 0 Å². The molecule has 0 aromatic heterocycles. The molecule has 0 saturated carbocycles. The van der Waals surface area contributed by atoms with Crippen molar-refractivity contribution in [1.29, 1.82) is 0 Å². The van der Waals surface area contributed by atoms with Crippen molar-refractivity contribution < 1.29 is 13.0 Å². The molecule has 1 aromatic rings. The van der Waals surface area contributed by atoms with Gasteiger partial charge in [0.2, 0.25) is 0 Å². The summed E-state index contributed by atoms with van der Waals surface area (Å²) in [6.07, 6.45) is 1.32. The van der Waals surface area contributed by atoms with E-state index in [1.807, 2.05) is 0 Å². The molecule has 0 bridgehead atoms. The van der Waals surface area contributed by atoms with E-state index in [0.29, 0.717) is 5.56 Å². The molecule has 4 nitrogen and oxygen atoms in total. The molecule has 0 atom stereocenters. The van der Waals surface area contributed by atoms with Crippen LogP contribution in [0.1, 0.15) is 5.56 Å². The first-order chi connectivity index (χ1) is 5.96. The number of nitrogens with two attached hydrogens (primary N) is 1. The fourth-order valence-electron chi connectivity index (χ4n) is 1.03. The number of rotatable bonds is 2. The van der Waals surface area contributed by atoms with Crippen molar-refractivity contribution in [1.82, 2.24) is 0 Å². The summed E-state index contributed by atoms with van der Waals surface area (Å²) < 4.78 is 30.5. The van der Waals surface area contributed by atoms with Gasteiger partial charge in [0.1, 0.15) is 4.90 Å². The van der Waals surface area contributed by atoms with Gasteiger partial charge < -0.3 is 5.73 Å². The van der Waals surface area contributed by atoms with Crippen molar-refractivity contribution in [3.8, 4) is 0 Å². The number of anilines is 1. The van der Waals surface area contributed by atoms with Crippen LogP contribution in [-0.2, 0) is 10.1 Å². The van der Waals surface area contributed by atoms with E-state index in [0.717, 1.165) is 0 Å². The number of hydrogen-bond donors (Lipinski definition) is 2. The standard InChI is InChI=1S/C8H9NO3S/c1-2-6-4-3-5-7(9)8(6)13(10,11)12/h2-5H,1,9H2,(H,10,11,12). The van der Waals surface area contributed by atoms with E-state index in [9.17, 15) is 8.42 Å². The molecule has 0 radical (unpaired) electrons. The Balaban J connectivity index is 3.59. The van der Waals surface area contributed by atoms with Crippen LogP contribution in [-0.4, -0.2) is 13.0 Å².